The first-order valence-corrected chi connectivity index (χ1v) is 4.90. The Balaban J connectivity index is 2.81. The summed E-state index contributed by atoms with van der Waals surface area (Å²) in [6.07, 6.45) is 0. The summed E-state index contributed by atoms with van der Waals surface area (Å²) >= 11 is 3.37. The third-order valence-corrected chi connectivity index (χ3v) is 3.28. The van der Waals surface area contributed by atoms with Crippen LogP contribution in [0.3, 0.4) is 0 Å². The minimum absolute atomic E-state index is 0.674. The normalized spacial score (nSPS) is 10.2. The van der Waals surface area contributed by atoms with E-state index in [4.69, 9.17) is 5.73 Å². The second kappa shape index (κ2) is 3.25. The number of nitrogens with two attached hydrogens (primary N) is 1. The summed E-state index contributed by atoms with van der Waals surface area (Å²) in [7, 11) is 0. The van der Waals surface area contributed by atoms with E-state index in [0.717, 1.165) is 11.4 Å². The number of rotatable bonds is 2. The van der Waals surface area contributed by atoms with Gasteiger partial charge in [0.25, 0.3) is 0 Å². The summed E-state index contributed by atoms with van der Waals surface area (Å²) in [5.41, 5.74) is 6.57. The zero-order valence-corrected chi connectivity index (χ0v) is 7.68. The van der Waals surface area contributed by atoms with Gasteiger partial charge in [0.05, 0.1) is 9.90 Å². The lowest BCUT2D eigenvalue weighted by molar-refractivity contribution is 1.21. The number of nitrogens with zero attached hydrogens (tertiary/aromatic N) is 1. The van der Waals surface area contributed by atoms with Gasteiger partial charge in [-0.25, -0.2) is 4.98 Å². The predicted molar refractivity (Wildman–Crippen MR) is 47.7 cm³/mol. The Morgan fingerprint density at radius 2 is 2.40 bits per heavy atom. The maximum absolute atomic E-state index is 5.50. The zero-order valence-electron chi connectivity index (χ0n) is 6.05. The molecule has 0 aromatic carbocycles. The summed E-state index contributed by atoms with van der Waals surface area (Å²) in [5, 5.41) is 0.674. The molecule has 0 saturated carbocycles. The second-order valence-corrected chi connectivity index (χ2v) is 4.42. The Hall–Kier alpha value is -0.220. The number of aryl methyl sites for hydroxylation is 1. The monoisotopic (exact) mass is 174 g/mol. The molecule has 1 heterocycles. The molecule has 0 amide bonds. The molecule has 0 aliphatic carbocycles. The third-order valence-electron chi connectivity index (χ3n) is 1.05. The molecule has 10 heavy (non-hydrogen) atoms. The van der Waals surface area contributed by atoms with Crippen LogP contribution in [0.4, 0.5) is 5.13 Å². The number of thioether (sulfide) groups is 1. The van der Waals surface area contributed by atoms with Gasteiger partial charge in [0.15, 0.2) is 5.13 Å². The maximum Gasteiger partial charge on any atom is 0.181 e. The van der Waals surface area contributed by atoms with Gasteiger partial charge in [-0.15, -0.1) is 11.8 Å². The van der Waals surface area contributed by atoms with Gasteiger partial charge in [-0.3, -0.25) is 0 Å². The molecular formula is C6H10N2S2. The van der Waals surface area contributed by atoms with Crippen molar-refractivity contribution in [2.45, 2.75) is 18.1 Å². The van der Waals surface area contributed by atoms with Crippen molar-refractivity contribution in [3.05, 3.63) is 5.69 Å². The highest BCUT2D eigenvalue weighted by Gasteiger charge is 2.02. The molecule has 2 N–H and O–H groups in total. The lowest BCUT2D eigenvalue weighted by atomic mass is 10.6. The molecule has 1 rings (SSSR count). The number of aromatic nitrogens is 1. The molecule has 0 spiro atoms. The van der Waals surface area contributed by atoms with E-state index >= 15 is 0 Å². The van der Waals surface area contributed by atoms with Crippen molar-refractivity contribution in [3.63, 3.8) is 0 Å². The Morgan fingerprint density at radius 1 is 1.70 bits per heavy atom. The molecule has 4 heteroatoms. The summed E-state index contributed by atoms with van der Waals surface area (Å²) in [6.45, 7) is 4.12. The summed E-state index contributed by atoms with van der Waals surface area (Å²) < 4.78 is 1.25. The number of thiazole rings is 1. The van der Waals surface area contributed by atoms with E-state index in [1.165, 1.54) is 4.21 Å². The van der Waals surface area contributed by atoms with Crippen molar-refractivity contribution in [1.82, 2.24) is 4.98 Å². The number of anilines is 1. The van der Waals surface area contributed by atoms with Crippen molar-refractivity contribution in [1.29, 1.82) is 0 Å². The van der Waals surface area contributed by atoms with E-state index in [9.17, 15) is 0 Å². The highest BCUT2D eigenvalue weighted by Crippen LogP contribution is 2.29. The van der Waals surface area contributed by atoms with Crippen LogP contribution in [0.2, 0.25) is 0 Å². The smallest absolute Gasteiger partial charge is 0.181 e. The van der Waals surface area contributed by atoms with Crippen LogP contribution in [0.1, 0.15) is 12.6 Å². The molecule has 0 aliphatic rings. The molecule has 56 valence electrons. The van der Waals surface area contributed by atoms with Gasteiger partial charge < -0.3 is 5.73 Å². The van der Waals surface area contributed by atoms with E-state index in [-0.39, 0.29) is 0 Å². The molecule has 0 bridgehead atoms. The minimum Gasteiger partial charge on any atom is -0.375 e. The quantitative estimate of drug-likeness (QED) is 0.698. The van der Waals surface area contributed by atoms with E-state index in [2.05, 4.69) is 11.9 Å². The Bertz CT molecular complexity index is 220. The average molecular weight is 174 g/mol. The van der Waals surface area contributed by atoms with Crippen LogP contribution in [0.15, 0.2) is 4.21 Å². The SMILES string of the molecule is CCSc1sc(N)nc1C. The Labute approximate surface area is 68.8 Å². The van der Waals surface area contributed by atoms with Crippen LogP contribution >= 0.6 is 23.1 Å². The van der Waals surface area contributed by atoms with Gasteiger partial charge in [0, 0.05) is 0 Å². The van der Waals surface area contributed by atoms with Crippen LogP contribution in [-0.2, 0) is 0 Å². The van der Waals surface area contributed by atoms with Crippen molar-refractivity contribution in [2.24, 2.45) is 0 Å². The first-order chi connectivity index (χ1) is 4.74. The number of hydrogen-bond acceptors (Lipinski definition) is 4. The molecule has 0 radical (unpaired) electrons. The molecular weight excluding hydrogens is 164 g/mol. The fourth-order valence-electron chi connectivity index (χ4n) is 0.668. The van der Waals surface area contributed by atoms with Crippen LogP contribution < -0.4 is 5.73 Å². The zero-order chi connectivity index (χ0) is 7.56. The van der Waals surface area contributed by atoms with Gasteiger partial charge in [-0.1, -0.05) is 18.3 Å². The molecule has 0 unspecified atom stereocenters. The number of nitrogen functional groups attached to an aromatic ring is 1. The van der Waals surface area contributed by atoms with Crippen molar-refractivity contribution in [3.8, 4) is 0 Å². The number of hydrogen-bond donors (Lipinski definition) is 1. The van der Waals surface area contributed by atoms with Gasteiger partial charge in [-0.05, 0) is 12.7 Å². The van der Waals surface area contributed by atoms with E-state index in [1.54, 1.807) is 23.1 Å². The fraction of sp³-hybridized carbons (Fsp3) is 0.500. The van der Waals surface area contributed by atoms with E-state index < -0.39 is 0 Å². The second-order valence-electron chi connectivity index (χ2n) is 1.86. The summed E-state index contributed by atoms with van der Waals surface area (Å²) in [5.74, 6) is 1.09. The largest absolute Gasteiger partial charge is 0.375 e. The van der Waals surface area contributed by atoms with Crippen molar-refractivity contribution < 1.29 is 0 Å². The lowest BCUT2D eigenvalue weighted by Gasteiger charge is -1.90. The molecule has 0 fully saturated rings. The lowest BCUT2D eigenvalue weighted by Crippen LogP contribution is -1.80. The molecule has 2 nitrogen and oxygen atoms in total. The van der Waals surface area contributed by atoms with Gasteiger partial charge in [-0.2, -0.15) is 0 Å². The molecule has 0 saturated heterocycles. The van der Waals surface area contributed by atoms with Crippen LogP contribution in [0, 0.1) is 6.92 Å². The maximum atomic E-state index is 5.50. The van der Waals surface area contributed by atoms with Crippen LogP contribution in [-0.4, -0.2) is 10.7 Å². The van der Waals surface area contributed by atoms with Gasteiger partial charge in [0.1, 0.15) is 0 Å². The van der Waals surface area contributed by atoms with E-state index in [0.29, 0.717) is 5.13 Å². The Morgan fingerprint density at radius 3 is 2.80 bits per heavy atom. The predicted octanol–water partition coefficient (Wildman–Crippen LogP) is 2.15. The van der Waals surface area contributed by atoms with Crippen molar-refractivity contribution >= 4 is 28.2 Å². The standard InChI is InChI=1S/C6H10N2S2/c1-3-9-5-4(2)8-6(7)10-5/h3H2,1-2H3,(H2,7,8). The Kier molecular flexibility index (Phi) is 2.56. The molecule has 1 aromatic rings. The topological polar surface area (TPSA) is 38.9 Å². The fourth-order valence-corrected chi connectivity index (χ4v) is 2.60. The molecule has 0 aliphatic heterocycles. The first kappa shape index (κ1) is 7.88. The molecule has 1 aromatic heterocycles. The third kappa shape index (κ3) is 1.64. The minimum atomic E-state index is 0.674. The van der Waals surface area contributed by atoms with Gasteiger partial charge >= 0.3 is 0 Å². The highest BCUT2D eigenvalue weighted by molar-refractivity contribution is 8.01. The van der Waals surface area contributed by atoms with Gasteiger partial charge in [0.2, 0.25) is 0 Å². The highest BCUT2D eigenvalue weighted by atomic mass is 32.2. The van der Waals surface area contributed by atoms with Crippen molar-refractivity contribution in [2.75, 3.05) is 11.5 Å². The summed E-state index contributed by atoms with van der Waals surface area (Å²) in [6, 6.07) is 0. The van der Waals surface area contributed by atoms with Crippen LogP contribution in [0.25, 0.3) is 0 Å². The van der Waals surface area contributed by atoms with Crippen LogP contribution in [0.5, 0.6) is 0 Å². The first-order valence-electron chi connectivity index (χ1n) is 3.09. The summed E-state index contributed by atoms with van der Waals surface area (Å²) in [4.78, 5) is 4.11. The van der Waals surface area contributed by atoms with E-state index in [1.807, 2.05) is 6.92 Å². The average Bonchev–Trinajstić information content (AvgIpc) is 2.13. The molecule has 0 atom stereocenters.